The first-order valence-electron chi connectivity index (χ1n) is 4.51. The highest BCUT2D eigenvalue weighted by Gasteiger charge is 2.17. The van der Waals surface area contributed by atoms with E-state index in [-0.39, 0.29) is 5.78 Å². The monoisotopic (exact) mass is 211 g/mol. The Morgan fingerprint density at radius 2 is 2.21 bits per heavy atom. The number of anilines is 1. The van der Waals surface area contributed by atoms with E-state index in [9.17, 15) is 4.79 Å². The molecule has 2 heterocycles. The molecule has 1 aliphatic heterocycles. The van der Waals surface area contributed by atoms with Crippen molar-refractivity contribution in [1.29, 1.82) is 0 Å². The molecule has 1 aromatic rings. The molecule has 2 rings (SSSR count). The molecule has 0 saturated carbocycles. The molecule has 1 saturated heterocycles. The number of hydrogen-bond acceptors (Lipinski definition) is 4. The molecule has 0 bridgehead atoms. The van der Waals surface area contributed by atoms with Gasteiger partial charge in [-0.3, -0.25) is 4.79 Å². The number of aromatic nitrogens is 2. The summed E-state index contributed by atoms with van der Waals surface area (Å²) in [5.74, 6) is 0.982. The van der Waals surface area contributed by atoms with Gasteiger partial charge in [-0.25, -0.2) is 0 Å². The molecule has 0 spiro atoms. The SMILES string of the molecule is O=C1CCCN(c2ccc(Cl)nn2)C1. The number of rotatable bonds is 1. The van der Waals surface area contributed by atoms with Crippen LogP contribution in [0.1, 0.15) is 12.8 Å². The van der Waals surface area contributed by atoms with Crippen LogP contribution in [0.5, 0.6) is 0 Å². The smallest absolute Gasteiger partial charge is 0.152 e. The average Bonchev–Trinajstić information content (AvgIpc) is 2.19. The summed E-state index contributed by atoms with van der Waals surface area (Å²) in [4.78, 5) is 13.1. The topological polar surface area (TPSA) is 46.1 Å². The Kier molecular flexibility index (Phi) is 2.63. The average molecular weight is 212 g/mol. The highest BCUT2D eigenvalue weighted by atomic mass is 35.5. The fourth-order valence-corrected chi connectivity index (χ4v) is 1.61. The van der Waals surface area contributed by atoms with E-state index in [1.165, 1.54) is 0 Å². The van der Waals surface area contributed by atoms with Crippen LogP contribution in [0.25, 0.3) is 0 Å². The van der Waals surface area contributed by atoms with Crippen molar-refractivity contribution in [2.24, 2.45) is 0 Å². The first-order chi connectivity index (χ1) is 6.75. The largest absolute Gasteiger partial charge is 0.348 e. The van der Waals surface area contributed by atoms with E-state index >= 15 is 0 Å². The third-order valence-corrected chi connectivity index (χ3v) is 2.39. The second kappa shape index (κ2) is 3.92. The molecule has 4 nitrogen and oxygen atoms in total. The standard InChI is InChI=1S/C9H10ClN3O/c10-8-3-4-9(12-11-8)13-5-1-2-7(14)6-13/h3-4H,1-2,5-6H2. The summed E-state index contributed by atoms with van der Waals surface area (Å²) >= 11 is 5.62. The van der Waals surface area contributed by atoms with Gasteiger partial charge in [0.2, 0.25) is 0 Å². The Labute approximate surface area is 86.9 Å². The Bertz CT molecular complexity index is 338. The first-order valence-corrected chi connectivity index (χ1v) is 4.89. The lowest BCUT2D eigenvalue weighted by atomic mass is 10.1. The molecular weight excluding hydrogens is 202 g/mol. The second-order valence-electron chi connectivity index (χ2n) is 3.28. The third-order valence-electron chi connectivity index (χ3n) is 2.19. The number of halogens is 1. The van der Waals surface area contributed by atoms with Gasteiger partial charge in [0.25, 0.3) is 0 Å². The predicted molar refractivity (Wildman–Crippen MR) is 53.5 cm³/mol. The maximum Gasteiger partial charge on any atom is 0.152 e. The highest BCUT2D eigenvalue weighted by molar-refractivity contribution is 6.29. The lowest BCUT2D eigenvalue weighted by Gasteiger charge is -2.26. The third kappa shape index (κ3) is 2.01. The fraction of sp³-hybridized carbons (Fsp3) is 0.444. The quantitative estimate of drug-likeness (QED) is 0.703. The van der Waals surface area contributed by atoms with Crippen molar-refractivity contribution in [1.82, 2.24) is 10.2 Å². The molecule has 0 aliphatic carbocycles. The zero-order valence-corrected chi connectivity index (χ0v) is 8.37. The van der Waals surface area contributed by atoms with Crippen molar-refractivity contribution < 1.29 is 4.79 Å². The zero-order chi connectivity index (χ0) is 9.97. The number of ketones is 1. The van der Waals surface area contributed by atoms with Gasteiger partial charge in [0.15, 0.2) is 16.8 Å². The van der Waals surface area contributed by atoms with Crippen LogP contribution in [0.3, 0.4) is 0 Å². The fourth-order valence-electron chi connectivity index (χ4n) is 1.51. The summed E-state index contributed by atoms with van der Waals surface area (Å²) in [5, 5.41) is 8.04. The van der Waals surface area contributed by atoms with E-state index < -0.39 is 0 Å². The molecule has 0 aromatic carbocycles. The lowest BCUT2D eigenvalue weighted by molar-refractivity contribution is -0.118. The van der Waals surface area contributed by atoms with Crippen LogP contribution in [0.4, 0.5) is 5.82 Å². The van der Waals surface area contributed by atoms with E-state index in [2.05, 4.69) is 10.2 Å². The van der Waals surface area contributed by atoms with Crippen molar-refractivity contribution in [2.75, 3.05) is 18.0 Å². The maximum atomic E-state index is 11.2. The number of carbonyl (C=O) groups is 1. The van der Waals surface area contributed by atoms with Crippen molar-refractivity contribution in [3.63, 3.8) is 0 Å². The van der Waals surface area contributed by atoms with Crippen LogP contribution >= 0.6 is 11.6 Å². The Morgan fingerprint density at radius 1 is 1.36 bits per heavy atom. The van der Waals surface area contributed by atoms with Gasteiger partial charge in [-0.15, -0.1) is 10.2 Å². The first kappa shape index (κ1) is 9.40. The van der Waals surface area contributed by atoms with Gasteiger partial charge < -0.3 is 4.90 Å². The molecule has 1 aliphatic rings. The van der Waals surface area contributed by atoms with E-state index in [4.69, 9.17) is 11.6 Å². The van der Waals surface area contributed by atoms with Gasteiger partial charge in [0.1, 0.15) is 0 Å². The molecule has 74 valence electrons. The van der Waals surface area contributed by atoms with Crippen LogP contribution in [-0.4, -0.2) is 29.1 Å². The predicted octanol–water partition coefficient (Wildman–Crippen LogP) is 1.30. The summed E-state index contributed by atoms with van der Waals surface area (Å²) in [6.07, 6.45) is 1.57. The number of carbonyl (C=O) groups excluding carboxylic acids is 1. The molecule has 1 aromatic heterocycles. The second-order valence-corrected chi connectivity index (χ2v) is 3.67. The molecule has 0 amide bonds. The summed E-state index contributed by atoms with van der Waals surface area (Å²) in [6, 6.07) is 3.47. The van der Waals surface area contributed by atoms with Gasteiger partial charge >= 0.3 is 0 Å². The van der Waals surface area contributed by atoms with Crippen molar-refractivity contribution >= 4 is 23.2 Å². The number of piperidine rings is 1. The normalized spacial score (nSPS) is 17.2. The summed E-state index contributed by atoms with van der Waals surface area (Å²) in [5.41, 5.74) is 0. The minimum Gasteiger partial charge on any atom is -0.348 e. The van der Waals surface area contributed by atoms with Crippen LogP contribution in [0, 0.1) is 0 Å². The summed E-state index contributed by atoms with van der Waals surface area (Å²) in [6.45, 7) is 1.30. The van der Waals surface area contributed by atoms with E-state index in [1.807, 2.05) is 4.90 Å². The number of hydrogen-bond donors (Lipinski definition) is 0. The van der Waals surface area contributed by atoms with Gasteiger partial charge in [-0.2, -0.15) is 0 Å². The van der Waals surface area contributed by atoms with Crippen LogP contribution in [0.2, 0.25) is 5.15 Å². The van der Waals surface area contributed by atoms with Crippen LogP contribution in [0.15, 0.2) is 12.1 Å². The lowest BCUT2D eigenvalue weighted by Crippen LogP contribution is -2.36. The molecule has 0 N–H and O–H groups in total. The zero-order valence-electron chi connectivity index (χ0n) is 7.61. The van der Waals surface area contributed by atoms with Gasteiger partial charge in [-0.1, -0.05) is 11.6 Å². The minimum absolute atomic E-state index is 0.257. The Hall–Kier alpha value is -1.16. The minimum atomic E-state index is 0.257. The van der Waals surface area contributed by atoms with Crippen molar-refractivity contribution in [3.8, 4) is 0 Å². The molecule has 14 heavy (non-hydrogen) atoms. The number of Topliss-reactive ketones (excluding diaryl/α,β-unsaturated/α-hetero) is 1. The van der Waals surface area contributed by atoms with Gasteiger partial charge in [-0.05, 0) is 18.6 Å². The molecule has 0 radical (unpaired) electrons. The highest BCUT2D eigenvalue weighted by Crippen LogP contribution is 2.15. The molecule has 0 unspecified atom stereocenters. The number of nitrogens with zero attached hydrogens (tertiary/aromatic N) is 3. The maximum absolute atomic E-state index is 11.2. The van der Waals surface area contributed by atoms with Crippen molar-refractivity contribution in [2.45, 2.75) is 12.8 Å². The van der Waals surface area contributed by atoms with Crippen LogP contribution < -0.4 is 4.90 Å². The Morgan fingerprint density at radius 3 is 2.86 bits per heavy atom. The van der Waals surface area contributed by atoms with Gasteiger partial charge in [0, 0.05) is 13.0 Å². The molecule has 1 fully saturated rings. The summed E-state index contributed by atoms with van der Waals surface area (Å²) in [7, 11) is 0. The van der Waals surface area contributed by atoms with E-state index in [1.54, 1.807) is 12.1 Å². The van der Waals surface area contributed by atoms with Crippen LogP contribution in [-0.2, 0) is 4.79 Å². The molecular formula is C9H10ClN3O. The van der Waals surface area contributed by atoms with E-state index in [0.717, 1.165) is 18.8 Å². The Balaban J connectivity index is 2.14. The summed E-state index contributed by atoms with van der Waals surface area (Å²) < 4.78 is 0. The van der Waals surface area contributed by atoms with Gasteiger partial charge in [0.05, 0.1) is 6.54 Å². The van der Waals surface area contributed by atoms with E-state index in [0.29, 0.717) is 18.1 Å². The molecule has 0 atom stereocenters. The molecule has 5 heteroatoms. The van der Waals surface area contributed by atoms with Crippen molar-refractivity contribution in [3.05, 3.63) is 17.3 Å².